The van der Waals surface area contributed by atoms with Gasteiger partial charge in [-0.2, -0.15) is 0 Å². The number of nitrogens with one attached hydrogen (secondary N) is 2. The predicted molar refractivity (Wildman–Crippen MR) is 120 cm³/mol. The van der Waals surface area contributed by atoms with E-state index < -0.39 is 21.8 Å². The highest BCUT2D eigenvalue weighted by Gasteiger charge is 2.16. The van der Waals surface area contributed by atoms with Gasteiger partial charge in [0, 0.05) is 16.3 Å². The summed E-state index contributed by atoms with van der Waals surface area (Å²) in [4.78, 5) is 25.4. The Bertz CT molecular complexity index is 1240. The molecular formula is C22H18ClN3O4S. The van der Waals surface area contributed by atoms with Crippen molar-refractivity contribution in [1.82, 2.24) is 5.32 Å². The molecule has 0 aliphatic heterocycles. The number of hydrogen-bond acceptors (Lipinski definition) is 4. The van der Waals surface area contributed by atoms with Crippen molar-refractivity contribution in [2.45, 2.75) is 4.90 Å². The average molecular weight is 456 g/mol. The van der Waals surface area contributed by atoms with E-state index in [9.17, 15) is 18.0 Å². The molecule has 0 radical (unpaired) electrons. The van der Waals surface area contributed by atoms with E-state index in [-0.39, 0.29) is 10.6 Å². The summed E-state index contributed by atoms with van der Waals surface area (Å²) in [6.45, 7) is 0. The number of carbonyl (C=O) groups excluding carboxylic acids is 2. The number of carbonyl (C=O) groups is 2. The highest BCUT2D eigenvalue weighted by atomic mass is 35.5. The minimum absolute atomic E-state index is 0.0440. The summed E-state index contributed by atoms with van der Waals surface area (Å²) in [6, 6.07) is 20.6. The van der Waals surface area contributed by atoms with Gasteiger partial charge in [-0.3, -0.25) is 9.59 Å². The summed E-state index contributed by atoms with van der Waals surface area (Å²) in [5.41, 5.74) is 1.18. The summed E-state index contributed by atoms with van der Waals surface area (Å²) in [7, 11) is -3.85. The molecule has 0 fully saturated rings. The third-order valence-corrected chi connectivity index (χ3v) is 5.45. The molecule has 0 atom stereocenters. The van der Waals surface area contributed by atoms with Crippen LogP contribution in [0.5, 0.6) is 0 Å². The number of sulfonamides is 1. The van der Waals surface area contributed by atoms with Gasteiger partial charge < -0.3 is 10.6 Å². The Morgan fingerprint density at radius 2 is 1.48 bits per heavy atom. The summed E-state index contributed by atoms with van der Waals surface area (Å²) in [5.74, 6) is -1.09. The van der Waals surface area contributed by atoms with Crippen LogP contribution in [0.3, 0.4) is 0 Å². The molecule has 9 heteroatoms. The van der Waals surface area contributed by atoms with Gasteiger partial charge in [0.2, 0.25) is 10.0 Å². The van der Waals surface area contributed by atoms with Crippen LogP contribution in [-0.2, 0) is 14.8 Å². The van der Waals surface area contributed by atoms with E-state index in [4.69, 9.17) is 16.7 Å². The maximum Gasteiger partial charge on any atom is 0.272 e. The quantitative estimate of drug-likeness (QED) is 0.493. The third kappa shape index (κ3) is 6.02. The Morgan fingerprint density at radius 1 is 0.871 bits per heavy atom. The first-order valence-corrected chi connectivity index (χ1v) is 10.9. The summed E-state index contributed by atoms with van der Waals surface area (Å²) >= 11 is 6.19. The standard InChI is InChI=1S/C22H18ClN3O4S/c23-19-9-5-4-8-16(19)14-20(26-21(27)15-6-2-1-3-7-15)22(28)25-17-10-12-18(13-11-17)31(24,29)30/h1-14H,(H,25,28)(H,26,27)(H2,24,29,30). The molecule has 3 rings (SSSR count). The van der Waals surface area contributed by atoms with E-state index in [1.54, 1.807) is 54.6 Å². The zero-order valence-corrected chi connectivity index (χ0v) is 17.7. The molecule has 0 spiro atoms. The van der Waals surface area contributed by atoms with Crippen molar-refractivity contribution < 1.29 is 18.0 Å². The molecule has 3 aromatic rings. The lowest BCUT2D eigenvalue weighted by molar-refractivity contribution is -0.113. The van der Waals surface area contributed by atoms with Crippen LogP contribution in [0.1, 0.15) is 15.9 Å². The van der Waals surface area contributed by atoms with Crippen molar-refractivity contribution >= 4 is 45.2 Å². The van der Waals surface area contributed by atoms with E-state index in [0.717, 1.165) is 0 Å². The highest BCUT2D eigenvalue weighted by molar-refractivity contribution is 7.89. The normalized spacial score (nSPS) is 11.6. The monoisotopic (exact) mass is 455 g/mol. The van der Waals surface area contributed by atoms with E-state index >= 15 is 0 Å². The minimum atomic E-state index is -3.85. The van der Waals surface area contributed by atoms with Gasteiger partial charge in [-0.25, -0.2) is 13.6 Å². The number of rotatable bonds is 6. The summed E-state index contributed by atoms with van der Waals surface area (Å²) in [5, 5.41) is 10.7. The zero-order valence-electron chi connectivity index (χ0n) is 16.1. The van der Waals surface area contributed by atoms with Gasteiger partial charge in [-0.05, 0) is 54.1 Å². The number of anilines is 1. The van der Waals surface area contributed by atoms with Gasteiger partial charge >= 0.3 is 0 Å². The Labute approximate surface area is 184 Å². The Hall–Kier alpha value is -3.46. The maximum atomic E-state index is 12.9. The average Bonchev–Trinajstić information content (AvgIpc) is 2.75. The number of primary sulfonamides is 1. The summed E-state index contributed by atoms with van der Waals surface area (Å²) < 4.78 is 22.8. The molecule has 0 saturated heterocycles. The van der Waals surface area contributed by atoms with Gasteiger partial charge in [0.1, 0.15) is 5.70 Å². The lowest BCUT2D eigenvalue weighted by Crippen LogP contribution is -2.30. The van der Waals surface area contributed by atoms with Crippen LogP contribution >= 0.6 is 11.6 Å². The molecular weight excluding hydrogens is 438 g/mol. The molecule has 0 aliphatic carbocycles. The molecule has 4 N–H and O–H groups in total. The van der Waals surface area contributed by atoms with E-state index in [0.29, 0.717) is 21.8 Å². The summed E-state index contributed by atoms with van der Waals surface area (Å²) in [6.07, 6.45) is 1.46. The van der Waals surface area contributed by atoms with Crippen LogP contribution in [0.2, 0.25) is 5.02 Å². The maximum absolute atomic E-state index is 12.9. The minimum Gasteiger partial charge on any atom is -0.321 e. The van der Waals surface area contributed by atoms with Crippen molar-refractivity contribution in [1.29, 1.82) is 0 Å². The number of nitrogens with two attached hydrogens (primary N) is 1. The molecule has 0 saturated carbocycles. The predicted octanol–water partition coefficient (Wildman–Crippen LogP) is 3.40. The molecule has 0 aliphatic rings. The molecule has 0 bridgehead atoms. The molecule has 3 aromatic carbocycles. The van der Waals surface area contributed by atoms with Crippen molar-refractivity contribution in [3.63, 3.8) is 0 Å². The first-order chi connectivity index (χ1) is 14.7. The Morgan fingerprint density at radius 3 is 2.10 bits per heavy atom. The van der Waals surface area contributed by atoms with Gasteiger partial charge in [-0.15, -0.1) is 0 Å². The molecule has 0 heterocycles. The van der Waals surface area contributed by atoms with Gasteiger partial charge in [0.05, 0.1) is 4.90 Å². The van der Waals surface area contributed by atoms with Crippen molar-refractivity contribution in [2.75, 3.05) is 5.32 Å². The van der Waals surface area contributed by atoms with Crippen molar-refractivity contribution in [3.05, 3.63) is 101 Å². The van der Waals surface area contributed by atoms with Gasteiger partial charge in [0.15, 0.2) is 0 Å². The largest absolute Gasteiger partial charge is 0.321 e. The molecule has 31 heavy (non-hydrogen) atoms. The van der Waals surface area contributed by atoms with Crippen LogP contribution in [0.4, 0.5) is 5.69 Å². The van der Waals surface area contributed by atoms with Gasteiger partial charge in [-0.1, -0.05) is 48.0 Å². The zero-order chi connectivity index (χ0) is 22.4. The molecule has 7 nitrogen and oxygen atoms in total. The fourth-order valence-corrected chi connectivity index (χ4v) is 3.32. The molecule has 158 valence electrons. The Balaban J connectivity index is 1.89. The van der Waals surface area contributed by atoms with E-state index in [1.165, 1.54) is 30.3 Å². The second-order valence-electron chi connectivity index (χ2n) is 6.42. The highest BCUT2D eigenvalue weighted by Crippen LogP contribution is 2.19. The third-order valence-electron chi connectivity index (χ3n) is 4.17. The lowest BCUT2D eigenvalue weighted by Gasteiger charge is -2.12. The fourth-order valence-electron chi connectivity index (χ4n) is 2.62. The van der Waals surface area contributed by atoms with Crippen LogP contribution in [0.15, 0.2) is 89.5 Å². The topological polar surface area (TPSA) is 118 Å². The molecule has 0 aromatic heterocycles. The van der Waals surface area contributed by atoms with Crippen LogP contribution < -0.4 is 15.8 Å². The van der Waals surface area contributed by atoms with Gasteiger partial charge in [0.25, 0.3) is 11.8 Å². The van der Waals surface area contributed by atoms with Crippen molar-refractivity contribution in [2.24, 2.45) is 5.14 Å². The first-order valence-electron chi connectivity index (χ1n) is 9.01. The number of halogens is 1. The lowest BCUT2D eigenvalue weighted by atomic mass is 10.1. The molecule has 0 unspecified atom stereocenters. The van der Waals surface area contributed by atoms with E-state index in [1.807, 2.05) is 0 Å². The fraction of sp³-hybridized carbons (Fsp3) is 0. The second-order valence-corrected chi connectivity index (χ2v) is 8.39. The smallest absolute Gasteiger partial charge is 0.272 e. The molecule has 2 amide bonds. The van der Waals surface area contributed by atoms with Crippen LogP contribution in [-0.4, -0.2) is 20.2 Å². The second kappa shape index (κ2) is 9.57. The van der Waals surface area contributed by atoms with Crippen LogP contribution in [0, 0.1) is 0 Å². The SMILES string of the molecule is NS(=O)(=O)c1ccc(NC(=O)C(=Cc2ccccc2Cl)NC(=O)c2ccccc2)cc1. The van der Waals surface area contributed by atoms with E-state index in [2.05, 4.69) is 10.6 Å². The van der Waals surface area contributed by atoms with Crippen LogP contribution in [0.25, 0.3) is 6.08 Å². The first kappa shape index (κ1) is 22.2. The number of hydrogen-bond donors (Lipinski definition) is 3. The van der Waals surface area contributed by atoms with Crippen molar-refractivity contribution in [3.8, 4) is 0 Å². The number of amides is 2. The number of benzene rings is 3. The Kier molecular flexibility index (Phi) is 6.86.